The highest BCUT2D eigenvalue weighted by atomic mass is 15.1. The first-order chi connectivity index (χ1) is 17.7. The number of nitrogens with one attached hydrogen (secondary N) is 3. The summed E-state index contributed by atoms with van der Waals surface area (Å²) in [6, 6.07) is 10.2. The van der Waals surface area contributed by atoms with Gasteiger partial charge in [0.05, 0.1) is 46.7 Å². The first-order valence-corrected chi connectivity index (χ1v) is 11.9. The summed E-state index contributed by atoms with van der Waals surface area (Å²) in [6.07, 6.45) is 15.2. The van der Waals surface area contributed by atoms with Gasteiger partial charge in [0.2, 0.25) is 0 Å². The van der Waals surface area contributed by atoms with Crippen molar-refractivity contribution >= 4 is 27.5 Å². The lowest BCUT2D eigenvalue weighted by Gasteiger charge is -2.09. The summed E-state index contributed by atoms with van der Waals surface area (Å²) in [7, 11) is 0. The van der Waals surface area contributed by atoms with E-state index < -0.39 is 0 Å². The number of rotatable bonds is 6. The Morgan fingerprint density at radius 1 is 0.861 bits per heavy atom. The van der Waals surface area contributed by atoms with Crippen LogP contribution in [0.4, 0.5) is 5.69 Å². The van der Waals surface area contributed by atoms with Crippen LogP contribution < -0.4 is 5.32 Å². The first kappa shape index (κ1) is 20.5. The van der Waals surface area contributed by atoms with Gasteiger partial charge >= 0.3 is 0 Å². The minimum Gasteiger partial charge on any atom is -0.358 e. The highest BCUT2D eigenvalue weighted by molar-refractivity contribution is 6.01. The van der Waals surface area contributed by atoms with Crippen LogP contribution >= 0.6 is 0 Å². The van der Waals surface area contributed by atoms with Gasteiger partial charge in [0.25, 0.3) is 0 Å². The van der Waals surface area contributed by atoms with E-state index in [-0.39, 0.29) is 0 Å². The van der Waals surface area contributed by atoms with Crippen molar-refractivity contribution in [2.75, 3.05) is 5.32 Å². The van der Waals surface area contributed by atoms with Crippen molar-refractivity contribution in [2.45, 2.75) is 12.8 Å². The van der Waals surface area contributed by atoms with Crippen LogP contribution in [0.1, 0.15) is 12.8 Å². The molecule has 8 nitrogen and oxygen atoms in total. The molecule has 1 saturated carbocycles. The summed E-state index contributed by atoms with van der Waals surface area (Å²) in [5, 5.41) is 13.2. The van der Waals surface area contributed by atoms with Crippen molar-refractivity contribution < 1.29 is 0 Å². The van der Waals surface area contributed by atoms with Crippen LogP contribution in [-0.4, -0.2) is 35.1 Å². The zero-order valence-electron chi connectivity index (χ0n) is 19.4. The van der Waals surface area contributed by atoms with Gasteiger partial charge in [0, 0.05) is 52.4 Å². The second-order valence-electron chi connectivity index (χ2n) is 9.14. The van der Waals surface area contributed by atoms with Crippen molar-refractivity contribution in [3.63, 3.8) is 0 Å². The lowest BCUT2D eigenvalue weighted by molar-refractivity contribution is 1.02. The van der Waals surface area contributed by atoms with E-state index in [2.05, 4.69) is 65.2 Å². The molecule has 174 valence electrons. The highest BCUT2D eigenvalue weighted by Gasteiger charge is 2.24. The lowest BCUT2D eigenvalue weighted by Crippen LogP contribution is -2.00. The van der Waals surface area contributed by atoms with Gasteiger partial charge in [-0.15, -0.1) is 0 Å². The minimum atomic E-state index is 0.571. The maximum Gasteiger partial charge on any atom is 0.116 e. The summed E-state index contributed by atoms with van der Waals surface area (Å²) in [6.45, 7) is 4.16. The van der Waals surface area contributed by atoms with Crippen LogP contribution in [-0.2, 0) is 0 Å². The molecule has 6 heterocycles. The first-order valence-electron chi connectivity index (χ1n) is 11.9. The molecule has 6 aromatic heterocycles. The number of nitrogens with zero attached hydrogens (tertiary/aromatic N) is 5. The Balaban J connectivity index is 1.28. The molecule has 3 N–H and O–H groups in total. The Bertz CT molecular complexity index is 1740. The minimum absolute atomic E-state index is 0.571. The van der Waals surface area contributed by atoms with E-state index in [1.165, 1.54) is 12.8 Å². The zero-order valence-corrected chi connectivity index (χ0v) is 19.4. The molecule has 7 rings (SSSR count). The third-order valence-electron chi connectivity index (χ3n) is 6.65. The molecule has 0 amide bonds. The van der Waals surface area contributed by atoms with E-state index in [0.29, 0.717) is 5.92 Å². The van der Waals surface area contributed by atoms with Gasteiger partial charge in [-0.3, -0.25) is 25.0 Å². The zero-order chi connectivity index (χ0) is 24.1. The van der Waals surface area contributed by atoms with Crippen molar-refractivity contribution in [1.82, 2.24) is 35.1 Å². The highest BCUT2D eigenvalue weighted by Crippen LogP contribution is 2.37. The molecule has 36 heavy (non-hydrogen) atoms. The summed E-state index contributed by atoms with van der Waals surface area (Å²) >= 11 is 0. The van der Waals surface area contributed by atoms with Gasteiger partial charge in [0.1, 0.15) is 5.69 Å². The molecular weight excluding hydrogens is 448 g/mol. The van der Waals surface area contributed by atoms with Crippen molar-refractivity contribution in [3.8, 4) is 33.8 Å². The number of anilines is 1. The molecule has 0 saturated heterocycles. The Kier molecular flexibility index (Phi) is 4.63. The number of hydrogen-bond acceptors (Lipinski definition) is 6. The molecule has 0 aliphatic heterocycles. The summed E-state index contributed by atoms with van der Waals surface area (Å²) in [5.74, 6) is 0.571. The molecular formula is C28H22N8. The summed E-state index contributed by atoms with van der Waals surface area (Å²) in [4.78, 5) is 21.1. The third kappa shape index (κ3) is 3.60. The smallest absolute Gasteiger partial charge is 0.116 e. The molecule has 0 atom stereocenters. The van der Waals surface area contributed by atoms with Crippen molar-refractivity contribution in [1.29, 1.82) is 0 Å². The second-order valence-corrected chi connectivity index (χ2v) is 9.14. The molecule has 1 aliphatic carbocycles. The lowest BCUT2D eigenvalue weighted by atomic mass is 10.1. The fourth-order valence-corrected chi connectivity index (χ4v) is 4.59. The number of pyridine rings is 4. The summed E-state index contributed by atoms with van der Waals surface area (Å²) < 4.78 is 0. The van der Waals surface area contributed by atoms with E-state index in [0.717, 1.165) is 67.0 Å². The normalized spacial score (nSPS) is 13.3. The van der Waals surface area contributed by atoms with Crippen LogP contribution in [0.5, 0.6) is 0 Å². The van der Waals surface area contributed by atoms with Crippen LogP contribution in [0.25, 0.3) is 55.6 Å². The molecule has 0 aromatic carbocycles. The van der Waals surface area contributed by atoms with E-state index in [1.807, 2.05) is 43.1 Å². The molecule has 6 aromatic rings. The Morgan fingerprint density at radius 3 is 2.58 bits per heavy atom. The average molecular weight is 471 g/mol. The fraction of sp³-hybridized carbons (Fsp3) is 0.107. The van der Waals surface area contributed by atoms with Crippen LogP contribution in [0.2, 0.25) is 0 Å². The maximum atomic E-state index is 4.66. The molecule has 0 unspecified atom stereocenters. The van der Waals surface area contributed by atoms with Crippen LogP contribution in [0, 0.1) is 5.92 Å². The van der Waals surface area contributed by atoms with E-state index in [1.54, 1.807) is 12.4 Å². The molecule has 1 fully saturated rings. The average Bonchev–Trinajstić information content (AvgIpc) is 3.55. The predicted octanol–water partition coefficient (Wildman–Crippen LogP) is 5.96. The number of fused-ring (bicyclic) bond motifs is 2. The fourth-order valence-electron chi connectivity index (χ4n) is 4.59. The third-order valence-corrected chi connectivity index (χ3v) is 6.65. The maximum absolute atomic E-state index is 4.66. The number of allylic oxidation sites excluding steroid dienone is 1. The van der Waals surface area contributed by atoms with Crippen molar-refractivity contribution in [2.24, 2.45) is 5.92 Å². The van der Waals surface area contributed by atoms with E-state index in [4.69, 9.17) is 0 Å². The van der Waals surface area contributed by atoms with Gasteiger partial charge in [-0.25, -0.2) is 0 Å². The quantitative estimate of drug-likeness (QED) is 0.277. The standard InChI is InChI=1S/C28H22N8/c1-16(17-2-3-17)33-20-8-19(11-30-12-20)24-10-22-27(15-32-24)35-36-28(22)25-9-21-23(13-31-14-26(21)34-25)18-4-6-29-7-5-18/h4-15,17,33-34H,1-3H2,(H,35,36). The number of hydrogen-bond donors (Lipinski definition) is 3. The predicted molar refractivity (Wildman–Crippen MR) is 141 cm³/mol. The SMILES string of the molecule is C=C(Nc1cncc(-c2cc3c(-c4cc5c(-c6ccncc6)cncc5[nH]4)n[nH]c3cn2)c1)C1CC1. The van der Waals surface area contributed by atoms with Gasteiger partial charge in [-0.1, -0.05) is 6.58 Å². The van der Waals surface area contributed by atoms with Gasteiger partial charge < -0.3 is 10.3 Å². The second kappa shape index (κ2) is 8.13. The van der Waals surface area contributed by atoms with Crippen LogP contribution in [0.15, 0.2) is 86.0 Å². The van der Waals surface area contributed by atoms with E-state index >= 15 is 0 Å². The summed E-state index contributed by atoms with van der Waals surface area (Å²) in [5.41, 5.74) is 9.39. The number of H-pyrrole nitrogens is 2. The van der Waals surface area contributed by atoms with Crippen molar-refractivity contribution in [3.05, 3.63) is 86.0 Å². The monoisotopic (exact) mass is 470 g/mol. The van der Waals surface area contributed by atoms with Gasteiger partial charge in [-0.05, 0) is 54.7 Å². The van der Waals surface area contributed by atoms with Crippen LogP contribution in [0.3, 0.4) is 0 Å². The molecule has 1 aliphatic rings. The van der Waals surface area contributed by atoms with Gasteiger partial charge in [0.15, 0.2) is 0 Å². The molecule has 8 heteroatoms. The molecule has 0 bridgehead atoms. The van der Waals surface area contributed by atoms with Gasteiger partial charge in [-0.2, -0.15) is 5.10 Å². The van der Waals surface area contributed by atoms with E-state index in [9.17, 15) is 0 Å². The largest absolute Gasteiger partial charge is 0.358 e. The topological polar surface area (TPSA) is 108 Å². The Morgan fingerprint density at radius 2 is 1.72 bits per heavy atom. The number of aromatic amines is 2. The molecule has 0 radical (unpaired) electrons. The Labute approximate surface area is 206 Å². The molecule has 0 spiro atoms. The Hall–Kier alpha value is -4.85. The number of aromatic nitrogens is 7.